The molecular formula is C17H15BrN4O3S. The summed E-state index contributed by atoms with van der Waals surface area (Å²) in [5.41, 5.74) is 0.313. The Morgan fingerprint density at radius 2 is 2.12 bits per heavy atom. The van der Waals surface area contributed by atoms with E-state index in [-0.39, 0.29) is 23.7 Å². The number of nitrogens with one attached hydrogen (secondary N) is 3. The number of rotatable bonds is 5. The van der Waals surface area contributed by atoms with E-state index in [1.165, 1.54) is 11.8 Å². The van der Waals surface area contributed by atoms with Gasteiger partial charge in [-0.25, -0.2) is 4.98 Å². The standard InChI is InChI=1S/C17H15BrN4O3S/c1-2-7-26-17-21-14-13(16(25)22-17)11(8-12(23)20-14)15(24)19-10-5-3-9(18)4-6-10/h2-6,11H,1,7-8H2,(H,19,24)(H2,20,21,22,23,25)/t11-/m1/s1. The summed E-state index contributed by atoms with van der Waals surface area (Å²) in [7, 11) is 0. The van der Waals surface area contributed by atoms with Crippen LogP contribution in [0.5, 0.6) is 0 Å². The Morgan fingerprint density at radius 3 is 2.81 bits per heavy atom. The third-order valence-corrected chi connectivity index (χ3v) is 5.09. The summed E-state index contributed by atoms with van der Waals surface area (Å²) in [5.74, 6) is -0.999. The molecule has 2 amide bonds. The number of nitrogens with zero attached hydrogens (tertiary/aromatic N) is 1. The van der Waals surface area contributed by atoms with Gasteiger partial charge < -0.3 is 15.6 Å². The molecule has 1 atom stereocenters. The number of anilines is 2. The second-order valence-electron chi connectivity index (χ2n) is 5.53. The van der Waals surface area contributed by atoms with E-state index in [1.54, 1.807) is 30.3 Å². The predicted octanol–water partition coefficient (Wildman–Crippen LogP) is 2.88. The van der Waals surface area contributed by atoms with Gasteiger partial charge in [0.2, 0.25) is 11.8 Å². The van der Waals surface area contributed by atoms with Gasteiger partial charge in [0.25, 0.3) is 5.56 Å². The molecule has 0 aliphatic carbocycles. The number of aromatic nitrogens is 2. The lowest BCUT2D eigenvalue weighted by molar-refractivity contribution is -0.123. The Bertz CT molecular complexity index is 927. The Balaban J connectivity index is 1.91. The number of aromatic amines is 1. The van der Waals surface area contributed by atoms with Crippen molar-refractivity contribution in [1.29, 1.82) is 0 Å². The fourth-order valence-corrected chi connectivity index (χ4v) is 3.40. The number of carbonyl (C=O) groups excluding carboxylic acids is 2. The molecule has 1 aromatic carbocycles. The molecule has 0 unspecified atom stereocenters. The third-order valence-electron chi connectivity index (χ3n) is 3.70. The molecule has 0 saturated heterocycles. The van der Waals surface area contributed by atoms with Crippen LogP contribution >= 0.6 is 27.7 Å². The van der Waals surface area contributed by atoms with Crippen molar-refractivity contribution in [1.82, 2.24) is 9.97 Å². The Kier molecular flexibility index (Phi) is 5.58. The van der Waals surface area contributed by atoms with Gasteiger partial charge in [0.05, 0.1) is 11.5 Å². The van der Waals surface area contributed by atoms with Crippen molar-refractivity contribution in [3.63, 3.8) is 0 Å². The zero-order valence-electron chi connectivity index (χ0n) is 13.5. The molecule has 3 N–H and O–H groups in total. The van der Waals surface area contributed by atoms with Crippen LogP contribution in [0.4, 0.5) is 11.5 Å². The average Bonchev–Trinajstić information content (AvgIpc) is 2.60. The maximum Gasteiger partial charge on any atom is 0.257 e. The number of benzene rings is 1. The number of amides is 2. The summed E-state index contributed by atoms with van der Waals surface area (Å²) in [6.07, 6.45) is 1.57. The molecule has 0 spiro atoms. The van der Waals surface area contributed by atoms with Gasteiger partial charge in [-0.2, -0.15) is 0 Å². The second-order valence-corrected chi connectivity index (χ2v) is 7.46. The Labute approximate surface area is 161 Å². The summed E-state index contributed by atoms with van der Waals surface area (Å²) in [6.45, 7) is 3.61. The predicted molar refractivity (Wildman–Crippen MR) is 105 cm³/mol. The van der Waals surface area contributed by atoms with E-state index in [0.717, 1.165) is 4.47 Å². The third kappa shape index (κ3) is 4.05. The summed E-state index contributed by atoms with van der Waals surface area (Å²) < 4.78 is 0.878. The molecule has 1 aliphatic rings. The van der Waals surface area contributed by atoms with Crippen LogP contribution in [0, 0.1) is 0 Å². The first-order chi connectivity index (χ1) is 12.5. The van der Waals surface area contributed by atoms with E-state index in [2.05, 4.69) is 43.1 Å². The quantitative estimate of drug-likeness (QED) is 0.381. The van der Waals surface area contributed by atoms with Crippen LogP contribution in [0.25, 0.3) is 0 Å². The lowest BCUT2D eigenvalue weighted by Crippen LogP contribution is -2.36. The van der Waals surface area contributed by atoms with Gasteiger partial charge >= 0.3 is 0 Å². The van der Waals surface area contributed by atoms with Crippen molar-refractivity contribution in [3.8, 4) is 0 Å². The summed E-state index contributed by atoms with van der Waals surface area (Å²) in [5, 5.41) is 5.68. The Morgan fingerprint density at radius 1 is 1.38 bits per heavy atom. The number of thioether (sulfide) groups is 1. The Hall–Kier alpha value is -2.39. The van der Waals surface area contributed by atoms with Gasteiger partial charge in [-0.3, -0.25) is 14.4 Å². The monoisotopic (exact) mass is 434 g/mol. The van der Waals surface area contributed by atoms with Crippen LogP contribution in [-0.2, 0) is 9.59 Å². The van der Waals surface area contributed by atoms with Gasteiger partial charge in [0.1, 0.15) is 5.82 Å². The van der Waals surface area contributed by atoms with E-state index >= 15 is 0 Å². The largest absolute Gasteiger partial charge is 0.326 e. The lowest BCUT2D eigenvalue weighted by atomic mass is 9.92. The van der Waals surface area contributed by atoms with Crippen molar-refractivity contribution in [2.24, 2.45) is 0 Å². The first kappa shape index (κ1) is 18.4. The van der Waals surface area contributed by atoms with Crippen LogP contribution in [0.1, 0.15) is 17.9 Å². The first-order valence-electron chi connectivity index (χ1n) is 7.72. The molecule has 26 heavy (non-hydrogen) atoms. The maximum atomic E-state index is 12.7. The normalized spacial score (nSPS) is 15.7. The number of hydrogen-bond acceptors (Lipinski definition) is 5. The second kappa shape index (κ2) is 7.88. The highest BCUT2D eigenvalue weighted by atomic mass is 79.9. The molecule has 1 aliphatic heterocycles. The van der Waals surface area contributed by atoms with Crippen molar-refractivity contribution in [2.75, 3.05) is 16.4 Å². The van der Waals surface area contributed by atoms with Gasteiger partial charge in [-0.05, 0) is 24.3 Å². The average molecular weight is 435 g/mol. The molecule has 2 heterocycles. The van der Waals surface area contributed by atoms with Gasteiger partial charge in [0.15, 0.2) is 5.16 Å². The lowest BCUT2D eigenvalue weighted by Gasteiger charge is -2.23. The van der Waals surface area contributed by atoms with Crippen LogP contribution in [0.15, 0.2) is 51.3 Å². The SMILES string of the molecule is C=CCSc1nc2c(c(=O)[nH]1)[C@H](C(=O)Nc1ccc(Br)cc1)CC(=O)N2. The zero-order chi connectivity index (χ0) is 18.7. The van der Waals surface area contributed by atoms with E-state index in [0.29, 0.717) is 16.6 Å². The highest BCUT2D eigenvalue weighted by Crippen LogP contribution is 2.30. The molecule has 0 fully saturated rings. The van der Waals surface area contributed by atoms with Gasteiger partial charge in [0, 0.05) is 22.3 Å². The minimum absolute atomic E-state index is 0.112. The summed E-state index contributed by atoms with van der Waals surface area (Å²) in [4.78, 5) is 44.1. The molecule has 9 heteroatoms. The van der Waals surface area contributed by atoms with E-state index in [4.69, 9.17) is 0 Å². The topological polar surface area (TPSA) is 104 Å². The highest BCUT2D eigenvalue weighted by molar-refractivity contribution is 9.10. The highest BCUT2D eigenvalue weighted by Gasteiger charge is 2.34. The minimum Gasteiger partial charge on any atom is -0.326 e. The molecule has 1 aromatic heterocycles. The van der Waals surface area contributed by atoms with Crippen LogP contribution in [0.3, 0.4) is 0 Å². The molecule has 7 nitrogen and oxygen atoms in total. The van der Waals surface area contributed by atoms with Crippen LogP contribution in [-0.4, -0.2) is 27.5 Å². The van der Waals surface area contributed by atoms with E-state index in [1.807, 2.05) is 0 Å². The maximum absolute atomic E-state index is 12.7. The van der Waals surface area contributed by atoms with E-state index in [9.17, 15) is 14.4 Å². The van der Waals surface area contributed by atoms with Gasteiger partial charge in [-0.1, -0.05) is 33.8 Å². The smallest absolute Gasteiger partial charge is 0.257 e. The fourth-order valence-electron chi connectivity index (χ4n) is 2.54. The molecule has 134 valence electrons. The van der Waals surface area contributed by atoms with Crippen LogP contribution in [0.2, 0.25) is 0 Å². The van der Waals surface area contributed by atoms with Crippen molar-refractivity contribution >= 4 is 51.0 Å². The van der Waals surface area contributed by atoms with E-state index < -0.39 is 17.4 Å². The number of H-pyrrole nitrogens is 1. The molecule has 0 radical (unpaired) electrons. The van der Waals surface area contributed by atoms with Gasteiger partial charge in [-0.15, -0.1) is 6.58 Å². The molecule has 2 aromatic rings. The molecular weight excluding hydrogens is 420 g/mol. The minimum atomic E-state index is -0.905. The molecule has 0 bridgehead atoms. The molecule has 0 saturated carbocycles. The first-order valence-corrected chi connectivity index (χ1v) is 9.50. The number of fused-ring (bicyclic) bond motifs is 1. The van der Waals surface area contributed by atoms with Crippen LogP contribution < -0.4 is 16.2 Å². The number of carbonyl (C=O) groups is 2. The molecule has 3 rings (SSSR count). The zero-order valence-corrected chi connectivity index (χ0v) is 15.9. The van der Waals surface area contributed by atoms with Crippen molar-refractivity contribution < 1.29 is 9.59 Å². The summed E-state index contributed by atoms with van der Waals surface area (Å²) >= 11 is 4.61. The van der Waals surface area contributed by atoms with Crippen molar-refractivity contribution in [2.45, 2.75) is 17.5 Å². The fraction of sp³-hybridized carbons (Fsp3) is 0.176. The number of halogens is 1. The van der Waals surface area contributed by atoms with Crippen molar-refractivity contribution in [3.05, 3.63) is 57.3 Å². The summed E-state index contributed by atoms with van der Waals surface area (Å²) in [6, 6.07) is 7.02. The number of hydrogen-bond donors (Lipinski definition) is 3.